The number of likely N-dealkylation sites (tertiary alicyclic amines) is 1. The number of fused-ring (bicyclic) bond motifs is 1. The number of alkyl carbamates (subject to hydrolysis) is 1. The predicted octanol–water partition coefficient (Wildman–Crippen LogP) is 5.79. The second-order valence-corrected chi connectivity index (χ2v) is 10.5. The molecule has 1 N–H and O–H groups in total. The van der Waals surface area contributed by atoms with Crippen LogP contribution in [0.15, 0.2) is 36.9 Å². The number of rotatable bonds is 5. The average Bonchev–Trinajstić information content (AvgIpc) is 3.13. The lowest BCUT2D eigenvalue weighted by molar-refractivity contribution is 0.0508. The molecule has 2 atom stereocenters. The van der Waals surface area contributed by atoms with Gasteiger partial charge in [-0.1, -0.05) is 31.7 Å². The first-order valence-corrected chi connectivity index (χ1v) is 12.3. The van der Waals surface area contributed by atoms with Crippen molar-refractivity contribution in [2.45, 2.75) is 65.5 Å². The van der Waals surface area contributed by atoms with Crippen LogP contribution in [0.1, 0.15) is 52.5 Å². The molecule has 1 saturated heterocycles. The first kappa shape index (κ1) is 26.6. The highest BCUT2D eigenvalue weighted by atomic mass is 32.1. The van der Waals surface area contributed by atoms with Crippen molar-refractivity contribution in [1.82, 2.24) is 15.2 Å². The second kappa shape index (κ2) is 12.6. The van der Waals surface area contributed by atoms with Gasteiger partial charge >= 0.3 is 12.2 Å². The van der Waals surface area contributed by atoms with Gasteiger partial charge in [0.2, 0.25) is 0 Å². The van der Waals surface area contributed by atoms with E-state index in [2.05, 4.69) is 29.9 Å². The third-order valence-corrected chi connectivity index (χ3v) is 5.88. The molecule has 1 fully saturated rings. The molecule has 2 amide bonds. The molecule has 1 aromatic carbocycles. The van der Waals surface area contributed by atoms with Gasteiger partial charge in [-0.15, -0.1) is 11.3 Å². The van der Waals surface area contributed by atoms with E-state index in [0.29, 0.717) is 18.9 Å². The molecule has 0 bridgehead atoms. The lowest BCUT2D eigenvalue weighted by Crippen LogP contribution is -2.39. The molecule has 8 heteroatoms. The molecule has 1 aliphatic heterocycles. The molecule has 0 spiro atoms. The van der Waals surface area contributed by atoms with Crippen LogP contribution in [0.3, 0.4) is 0 Å². The number of hydrogen-bond acceptors (Lipinski definition) is 6. The summed E-state index contributed by atoms with van der Waals surface area (Å²) >= 11 is 1.66. The van der Waals surface area contributed by atoms with Crippen molar-refractivity contribution >= 4 is 33.7 Å². The quantitative estimate of drug-likeness (QED) is 0.553. The monoisotopic (exact) mass is 475 g/mol. The molecule has 2 heterocycles. The Morgan fingerprint density at radius 3 is 2.73 bits per heavy atom. The minimum Gasteiger partial charge on any atom is -0.445 e. The topological polar surface area (TPSA) is 80.8 Å². The Morgan fingerprint density at radius 1 is 1.36 bits per heavy atom. The summed E-state index contributed by atoms with van der Waals surface area (Å²) in [5, 5.41) is 3.86. The number of nitrogens with one attached hydrogen (secondary N) is 1. The number of benzene rings is 1. The van der Waals surface area contributed by atoms with Crippen LogP contribution in [0, 0.1) is 5.92 Å². The number of aromatic nitrogens is 1. The van der Waals surface area contributed by atoms with Crippen molar-refractivity contribution < 1.29 is 19.1 Å². The van der Waals surface area contributed by atoms with Crippen molar-refractivity contribution in [3.63, 3.8) is 0 Å². The van der Waals surface area contributed by atoms with E-state index < -0.39 is 5.60 Å². The smallest absolute Gasteiger partial charge is 0.410 e. The average molecular weight is 476 g/mol. The Kier molecular flexibility index (Phi) is 10.2. The van der Waals surface area contributed by atoms with Crippen LogP contribution in [-0.2, 0) is 15.9 Å². The van der Waals surface area contributed by atoms with Crippen LogP contribution in [0.2, 0.25) is 0 Å². The fourth-order valence-corrected chi connectivity index (χ4v) is 4.50. The number of thiazole rings is 1. The van der Waals surface area contributed by atoms with Gasteiger partial charge in [0.1, 0.15) is 12.2 Å². The van der Waals surface area contributed by atoms with Crippen LogP contribution in [0.4, 0.5) is 9.59 Å². The Balaban J connectivity index is 0.000000257. The third kappa shape index (κ3) is 9.82. The predicted molar refractivity (Wildman–Crippen MR) is 134 cm³/mol. The summed E-state index contributed by atoms with van der Waals surface area (Å²) in [5.41, 5.74) is 0.539. The van der Waals surface area contributed by atoms with E-state index in [0.717, 1.165) is 30.0 Å². The highest BCUT2D eigenvalue weighted by Crippen LogP contribution is 2.22. The van der Waals surface area contributed by atoms with E-state index in [1.54, 1.807) is 22.3 Å². The number of carbonyl (C=O) groups is 2. The van der Waals surface area contributed by atoms with E-state index in [1.807, 2.05) is 45.9 Å². The van der Waals surface area contributed by atoms with Gasteiger partial charge in [0.05, 0.1) is 15.2 Å². The summed E-state index contributed by atoms with van der Waals surface area (Å²) in [6.07, 6.45) is 4.01. The normalized spacial score (nSPS) is 16.9. The number of piperidine rings is 1. The molecule has 0 aliphatic carbocycles. The fraction of sp³-hybridized carbons (Fsp3) is 0.560. The van der Waals surface area contributed by atoms with E-state index >= 15 is 0 Å². The largest absolute Gasteiger partial charge is 0.445 e. The first-order chi connectivity index (χ1) is 15.6. The number of nitrogens with zero attached hydrogens (tertiary/aromatic N) is 2. The summed E-state index contributed by atoms with van der Waals surface area (Å²) in [7, 11) is 0. The van der Waals surface area contributed by atoms with E-state index in [9.17, 15) is 9.59 Å². The summed E-state index contributed by atoms with van der Waals surface area (Å²) in [4.78, 5) is 29.4. The Labute approximate surface area is 201 Å². The maximum atomic E-state index is 11.7. The van der Waals surface area contributed by atoms with Crippen molar-refractivity contribution in [1.29, 1.82) is 0 Å². The van der Waals surface area contributed by atoms with Gasteiger partial charge in [-0.05, 0) is 58.6 Å². The molecular weight excluding hydrogens is 438 g/mol. The minimum absolute atomic E-state index is 0.00888. The molecular formula is C25H37N3O4S. The molecule has 2 unspecified atom stereocenters. The van der Waals surface area contributed by atoms with Crippen LogP contribution >= 0.6 is 11.3 Å². The molecule has 182 valence electrons. The maximum absolute atomic E-state index is 11.7. The lowest BCUT2D eigenvalue weighted by Gasteiger charge is -2.29. The highest BCUT2D eigenvalue weighted by molar-refractivity contribution is 7.18. The number of amides is 2. The Hall–Kier alpha value is -2.61. The maximum Gasteiger partial charge on any atom is 0.410 e. The van der Waals surface area contributed by atoms with Crippen molar-refractivity contribution in [3.05, 3.63) is 41.9 Å². The standard InChI is InChI=1S/C15H20N2O2S.C10H17NO2/c1-10(16-14(18)19-15(2,3)4)9-13-17-11-7-5-6-8-12(11)20-13;1-3-7-13-10(12)11-6-4-5-9(2)8-11/h5-8,10H,9H2,1-4H3,(H,16,18);3,9H,1,4-8H2,2H3. The number of carbonyl (C=O) groups excluding carboxylic acids is 2. The van der Waals surface area contributed by atoms with Gasteiger partial charge < -0.3 is 19.7 Å². The fourth-order valence-electron chi connectivity index (χ4n) is 3.41. The van der Waals surface area contributed by atoms with Gasteiger partial charge in [-0.3, -0.25) is 0 Å². The summed E-state index contributed by atoms with van der Waals surface area (Å²) < 4.78 is 11.4. The number of para-hydroxylation sites is 1. The first-order valence-electron chi connectivity index (χ1n) is 11.4. The summed E-state index contributed by atoms with van der Waals surface area (Å²) in [5.74, 6) is 0.602. The molecule has 1 aliphatic rings. The van der Waals surface area contributed by atoms with Crippen LogP contribution in [0.25, 0.3) is 10.2 Å². The third-order valence-electron chi connectivity index (χ3n) is 4.82. The number of hydrogen-bond donors (Lipinski definition) is 1. The van der Waals surface area contributed by atoms with Gasteiger partial charge in [-0.2, -0.15) is 0 Å². The minimum atomic E-state index is -0.473. The Morgan fingerprint density at radius 2 is 2.09 bits per heavy atom. The van der Waals surface area contributed by atoms with E-state index in [1.165, 1.54) is 11.1 Å². The summed E-state index contributed by atoms with van der Waals surface area (Å²) in [6.45, 7) is 15.1. The van der Waals surface area contributed by atoms with Crippen LogP contribution < -0.4 is 5.32 Å². The van der Waals surface area contributed by atoms with Crippen LogP contribution in [0.5, 0.6) is 0 Å². The zero-order valence-corrected chi connectivity index (χ0v) is 21.2. The molecule has 7 nitrogen and oxygen atoms in total. The molecule has 0 radical (unpaired) electrons. The number of ether oxygens (including phenoxy) is 2. The lowest BCUT2D eigenvalue weighted by atomic mass is 10.0. The highest BCUT2D eigenvalue weighted by Gasteiger charge is 2.21. The van der Waals surface area contributed by atoms with Crippen molar-refractivity contribution in [3.8, 4) is 0 Å². The molecule has 1 aromatic heterocycles. The second-order valence-electron chi connectivity index (χ2n) is 9.39. The molecule has 33 heavy (non-hydrogen) atoms. The SMILES string of the molecule is C=CCOC(=O)N1CCCC(C)C1.CC(Cc1nc2ccccc2s1)NC(=O)OC(C)(C)C. The van der Waals surface area contributed by atoms with Crippen molar-refractivity contribution in [2.24, 2.45) is 5.92 Å². The van der Waals surface area contributed by atoms with E-state index in [-0.39, 0.29) is 18.2 Å². The van der Waals surface area contributed by atoms with E-state index in [4.69, 9.17) is 9.47 Å². The molecule has 2 aromatic rings. The van der Waals surface area contributed by atoms with Gasteiger partial charge in [0.25, 0.3) is 0 Å². The van der Waals surface area contributed by atoms with Gasteiger partial charge in [0.15, 0.2) is 0 Å². The van der Waals surface area contributed by atoms with Crippen LogP contribution in [-0.4, -0.2) is 53.4 Å². The van der Waals surface area contributed by atoms with Crippen molar-refractivity contribution in [2.75, 3.05) is 19.7 Å². The summed E-state index contributed by atoms with van der Waals surface area (Å²) in [6, 6.07) is 8.04. The van der Waals surface area contributed by atoms with Gasteiger partial charge in [0, 0.05) is 25.6 Å². The zero-order chi connectivity index (χ0) is 24.4. The molecule has 0 saturated carbocycles. The van der Waals surface area contributed by atoms with Gasteiger partial charge in [-0.25, -0.2) is 14.6 Å². The molecule has 3 rings (SSSR count). The Bertz CT molecular complexity index is 889. The zero-order valence-electron chi connectivity index (χ0n) is 20.4.